The highest BCUT2D eigenvalue weighted by molar-refractivity contribution is 6.25. The number of pyridine rings is 1. The van der Waals surface area contributed by atoms with E-state index in [1.54, 1.807) is 0 Å². The van der Waals surface area contributed by atoms with E-state index >= 15 is 0 Å². The summed E-state index contributed by atoms with van der Waals surface area (Å²) in [5.74, 6) is 1.91. The Morgan fingerprint density at radius 2 is 1.42 bits per heavy atom. The van der Waals surface area contributed by atoms with Gasteiger partial charge in [0.1, 0.15) is 11.6 Å². The Morgan fingerprint density at radius 3 is 2.13 bits per heavy atom. The molecule has 0 saturated carbocycles. The molecule has 3 aromatic heterocycles. The van der Waals surface area contributed by atoms with Gasteiger partial charge in [-0.05, 0) is 41.3 Å². The summed E-state index contributed by atoms with van der Waals surface area (Å²) in [4.78, 5) is 20.3. The third-order valence-electron chi connectivity index (χ3n) is 5.97. The molecule has 3 aromatic carbocycles. The maximum absolute atomic E-state index is 4.77. The molecule has 0 aliphatic rings. The van der Waals surface area contributed by atoms with E-state index in [1.807, 2.05) is 31.6 Å². The van der Waals surface area contributed by atoms with Gasteiger partial charge in [0.15, 0.2) is 0 Å². The molecule has 3 heterocycles. The Labute approximate surface area is 179 Å². The summed E-state index contributed by atoms with van der Waals surface area (Å²) in [5.41, 5.74) is 5.32. The Bertz CT molecular complexity index is 1570. The number of H-pyrrole nitrogens is 2. The Hall–Kier alpha value is -3.99. The number of benzene rings is 3. The van der Waals surface area contributed by atoms with Crippen molar-refractivity contribution in [2.75, 3.05) is 0 Å². The number of aromatic nitrogens is 5. The van der Waals surface area contributed by atoms with Crippen molar-refractivity contribution in [1.82, 2.24) is 24.9 Å². The van der Waals surface area contributed by atoms with Gasteiger partial charge in [0.2, 0.25) is 0 Å². The normalized spacial score (nSPS) is 11.7. The molecule has 6 rings (SSSR count). The fourth-order valence-electron chi connectivity index (χ4n) is 4.41. The summed E-state index contributed by atoms with van der Waals surface area (Å²) in [5, 5.41) is 5.93. The third kappa shape index (κ3) is 2.81. The molecule has 150 valence electrons. The maximum Gasteiger partial charge on any atom is 0.106 e. The van der Waals surface area contributed by atoms with Crippen LogP contribution in [0.15, 0.2) is 67.1 Å². The first-order valence-electron chi connectivity index (χ1n) is 10.5. The molecule has 0 radical (unpaired) electrons. The molecule has 0 bridgehead atoms. The van der Waals surface area contributed by atoms with Crippen LogP contribution in [-0.2, 0) is 6.42 Å². The minimum absolute atomic E-state index is 0.892. The van der Waals surface area contributed by atoms with Crippen LogP contribution in [0, 0.1) is 6.92 Å². The van der Waals surface area contributed by atoms with Crippen LogP contribution in [0.25, 0.3) is 55.0 Å². The van der Waals surface area contributed by atoms with E-state index in [4.69, 9.17) is 4.98 Å². The Balaban J connectivity index is 1.65. The molecule has 5 nitrogen and oxygen atoms in total. The zero-order valence-corrected chi connectivity index (χ0v) is 17.4. The molecule has 2 N–H and O–H groups in total. The largest absolute Gasteiger partial charge is 0.342 e. The predicted molar refractivity (Wildman–Crippen MR) is 126 cm³/mol. The lowest BCUT2D eigenvalue weighted by Crippen LogP contribution is -1.88. The van der Waals surface area contributed by atoms with Gasteiger partial charge in [0.05, 0.1) is 29.3 Å². The van der Waals surface area contributed by atoms with Crippen LogP contribution >= 0.6 is 0 Å². The number of hydrogen-bond donors (Lipinski definition) is 2. The van der Waals surface area contributed by atoms with E-state index in [9.17, 15) is 0 Å². The highest BCUT2D eigenvalue weighted by Crippen LogP contribution is 2.37. The number of hydrogen-bond acceptors (Lipinski definition) is 3. The van der Waals surface area contributed by atoms with Crippen molar-refractivity contribution in [2.24, 2.45) is 0 Å². The van der Waals surface area contributed by atoms with Gasteiger partial charge in [0, 0.05) is 34.5 Å². The van der Waals surface area contributed by atoms with Crippen LogP contribution in [0.1, 0.15) is 18.6 Å². The van der Waals surface area contributed by atoms with E-state index in [1.165, 1.54) is 16.2 Å². The van der Waals surface area contributed by atoms with Crippen molar-refractivity contribution < 1.29 is 0 Å². The highest BCUT2D eigenvalue weighted by Gasteiger charge is 2.13. The van der Waals surface area contributed by atoms with Crippen LogP contribution < -0.4 is 0 Å². The summed E-state index contributed by atoms with van der Waals surface area (Å²) >= 11 is 0. The SMILES string of the molecule is CCc1ncc(-c2ccc3c(c2)c2cccnc2c2cc(-c4cnc(C)[nH]4)ccc32)[nH]1. The molecule has 0 atom stereocenters. The molecule has 0 aliphatic heterocycles. The molecule has 5 heteroatoms. The van der Waals surface area contributed by atoms with Gasteiger partial charge in [-0.15, -0.1) is 0 Å². The van der Waals surface area contributed by atoms with E-state index < -0.39 is 0 Å². The first-order valence-corrected chi connectivity index (χ1v) is 10.5. The number of imidazole rings is 2. The summed E-state index contributed by atoms with van der Waals surface area (Å²) < 4.78 is 0. The van der Waals surface area contributed by atoms with Crippen molar-refractivity contribution in [3.05, 3.63) is 78.8 Å². The van der Waals surface area contributed by atoms with Crippen molar-refractivity contribution >= 4 is 32.4 Å². The minimum atomic E-state index is 0.892. The van der Waals surface area contributed by atoms with Crippen molar-refractivity contribution in [1.29, 1.82) is 0 Å². The quantitative estimate of drug-likeness (QED) is 0.346. The Morgan fingerprint density at radius 1 is 0.710 bits per heavy atom. The average Bonchev–Trinajstić information content (AvgIpc) is 3.48. The molecule has 31 heavy (non-hydrogen) atoms. The summed E-state index contributed by atoms with van der Waals surface area (Å²) in [6.07, 6.45) is 6.56. The van der Waals surface area contributed by atoms with E-state index in [0.717, 1.165) is 56.9 Å². The maximum atomic E-state index is 4.77. The molecule has 0 saturated heterocycles. The topological polar surface area (TPSA) is 70.2 Å². The number of aryl methyl sites for hydroxylation is 2. The van der Waals surface area contributed by atoms with Gasteiger partial charge < -0.3 is 9.97 Å². The minimum Gasteiger partial charge on any atom is -0.342 e. The molecule has 0 aliphatic carbocycles. The van der Waals surface area contributed by atoms with E-state index in [0.29, 0.717) is 0 Å². The molecule has 0 amide bonds. The van der Waals surface area contributed by atoms with Crippen LogP contribution in [0.5, 0.6) is 0 Å². The number of fused-ring (bicyclic) bond motifs is 6. The molecule has 0 fully saturated rings. The Kier molecular flexibility index (Phi) is 3.90. The third-order valence-corrected chi connectivity index (χ3v) is 5.97. The number of aromatic amines is 2. The highest BCUT2D eigenvalue weighted by atomic mass is 14.9. The number of nitrogens with one attached hydrogen (secondary N) is 2. The molecule has 6 aromatic rings. The fraction of sp³-hybridized carbons (Fsp3) is 0.115. The van der Waals surface area contributed by atoms with Gasteiger partial charge >= 0.3 is 0 Å². The second-order valence-corrected chi connectivity index (χ2v) is 7.90. The van der Waals surface area contributed by atoms with Gasteiger partial charge in [-0.2, -0.15) is 0 Å². The first kappa shape index (κ1) is 17.8. The van der Waals surface area contributed by atoms with Gasteiger partial charge in [-0.1, -0.05) is 37.3 Å². The fourth-order valence-corrected chi connectivity index (χ4v) is 4.41. The standard InChI is InChI=1S/C26H21N5/c1-3-25-29-14-24(31-25)16-6-8-18-19-9-7-17(23-13-28-15(2)30-23)12-22(19)26-20(21(18)11-16)5-4-10-27-26/h4-14H,3H2,1-2H3,(H,28,30)(H,29,31). The van der Waals surface area contributed by atoms with Gasteiger partial charge in [-0.25, -0.2) is 9.97 Å². The smallest absolute Gasteiger partial charge is 0.106 e. The molecular weight excluding hydrogens is 382 g/mol. The lowest BCUT2D eigenvalue weighted by Gasteiger charge is -2.12. The summed E-state index contributed by atoms with van der Waals surface area (Å²) in [6.45, 7) is 4.07. The van der Waals surface area contributed by atoms with E-state index in [2.05, 4.69) is 69.3 Å². The summed E-state index contributed by atoms with van der Waals surface area (Å²) in [7, 11) is 0. The van der Waals surface area contributed by atoms with Gasteiger partial charge in [0.25, 0.3) is 0 Å². The monoisotopic (exact) mass is 403 g/mol. The lowest BCUT2D eigenvalue weighted by molar-refractivity contribution is 0.991. The lowest BCUT2D eigenvalue weighted by atomic mass is 9.94. The summed E-state index contributed by atoms with van der Waals surface area (Å²) in [6, 6.07) is 17.4. The van der Waals surface area contributed by atoms with Crippen LogP contribution in [-0.4, -0.2) is 24.9 Å². The first-order chi connectivity index (χ1) is 15.2. The van der Waals surface area contributed by atoms with Crippen LogP contribution in [0.4, 0.5) is 0 Å². The second-order valence-electron chi connectivity index (χ2n) is 7.90. The van der Waals surface area contributed by atoms with Crippen molar-refractivity contribution in [3.8, 4) is 22.5 Å². The van der Waals surface area contributed by atoms with Gasteiger partial charge in [-0.3, -0.25) is 4.98 Å². The zero-order valence-electron chi connectivity index (χ0n) is 17.4. The van der Waals surface area contributed by atoms with Crippen molar-refractivity contribution in [2.45, 2.75) is 20.3 Å². The van der Waals surface area contributed by atoms with Crippen molar-refractivity contribution in [3.63, 3.8) is 0 Å². The zero-order chi connectivity index (χ0) is 20.9. The van der Waals surface area contributed by atoms with E-state index in [-0.39, 0.29) is 0 Å². The number of rotatable bonds is 3. The molecule has 0 unspecified atom stereocenters. The number of nitrogens with zero attached hydrogens (tertiary/aromatic N) is 3. The average molecular weight is 403 g/mol. The second kappa shape index (κ2) is 6.77. The van der Waals surface area contributed by atoms with Crippen LogP contribution in [0.3, 0.4) is 0 Å². The van der Waals surface area contributed by atoms with Crippen LogP contribution in [0.2, 0.25) is 0 Å². The molecule has 0 spiro atoms. The predicted octanol–water partition coefficient (Wildman–Crippen LogP) is 6.19. The molecular formula is C26H21N5.